The van der Waals surface area contributed by atoms with E-state index in [1.54, 1.807) is 7.11 Å². The Morgan fingerprint density at radius 1 is 1.03 bits per heavy atom. The Bertz CT molecular complexity index is 689. The lowest BCUT2D eigenvalue weighted by atomic mass is 10.1. The Kier molecular flexibility index (Phi) is 12.1. The van der Waals surface area contributed by atoms with Crippen molar-refractivity contribution in [2.24, 2.45) is 4.99 Å². The number of nitrogens with one attached hydrogen (secondary N) is 2. The first-order chi connectivity index (χ1) is 15.1. The molecule has 7 nitrogen and oxygen atoms in total. The van der Waals surface area contributed by atoms with Gasteiger partial charge in [-0.25, -0.2) is 0 Å². The van der Waals surface area contributed by atoms with Gasteiger partial charge in [-0.1, -0.05) is 19.1 Å². The number of hydrogen-bond acceptors (Lipinski definition) is 5. The molecule has 0 aliphatic carbocycles. The summed E-state index contributed by atoms with van der Waals surface area (Å²) in [6, 6.07) is 9.28. The molecule has 3 rings (SSSR count). The van der Waals surface area contributed by atoms with Gasteiger partial charge in [-0.3, -0.25) is 14.8 Å². The van der Waals surface area contributed by atoms with Gasteiger partial charge in [0.05, 0.1) is 13.2 Å². The molecule has 2 aliphatic rings. The van der Waals surface area contributed by atoms with E-state index in [0.29, 0.717) is 12.1 Å². The SMILES string of the molecule is CCN1CCN(C(C)CNC(=NC)NCC(c2cccc(OC)c2)N2CCCC2)CC1.I. The fourth-order valence-corrected chi connectivity index (χ4v) is 4.67. The van der Waals surface area contributed by atoms with Crippen LogP contribution in [0.1, 0.15) is 38.3 Å². The maximum Gasteiger partial charge on any atom is 0.191 e. The zero-order valence-electron chi connectivity index (χ0n) is 20.3. The highest BCUT2D eigenvalue weighted by molar-refractivity contribution is 14.0. The molecule has 2 atom stereocenters. The molecule has 0 amide bonds. The molecule has 2 saturated heterocycles. The Labute approximate surface area is 212 Å². The number of benzene rings is 1. The summed E-state index contributed by atoms with van der Waals surface area (Å²) in [6.07, 6.45) is 2.55. The van der Waals surface area contributed by atoms with Gasteiger partial charge in [0.25, 0.3) is 0 Å². The van der Waals surface area contributed by atoms with Crippen molar-refractivity contribution < 1.29 is 4.74 Å². The van der Waals surface area contributed by atoms with Crippen molar-refractivity contribution in [3.05, 3.63) is 29.8 Å². The van der Waals surface area contributed by atoms with E-state index in [9.17, 15) is 0 Å². The average Bonchev–Trinajstić information content (AvgIpc) is 3.35. The average molecular weight is 559 g/mol. The summed E-state index contributed by atoms with van der Waals surface area (Å²) in [7, 11) is 3.59. The van der Waals surface area contributed by atoms with Crippen LogP contribution in [0, 0.1) is 0 Å². The first kappa shape index (κ1) is 27.1. The second-order valence-corrected chi connectivity index (χ2v) is 8.69. The van der Waals surface area contributed by atoms with Crippen LogP contribution in [0.25, 0.3) is 0 Å². The van der Waals surface area contributed by atoms with E-state index in [-0.39, 0.29) is 24.0 Å². The van der Waals surface area contributed by atoms with Crippen LogP contribution in [-0.4, -0.2) is 99.8 Å². The van der Waals surface area contributed by atoms with Crippen LogP contribution in [0.15, 0.2) is 29.3 Å². The Hall–Kier alpha value is -1.10. The quantitative estimate of drug-likeness (QED) is 0.276. The molecule has 0 aromatic heterocycles. The fraction of sp³-hybridized carbons (Fsp3) is 0.708. The fourth-order valence-electron chi connectivity index (χ4n) is 4.67. The zero-order valence-corrected chi connectivity index (χ0v) is 22.7. The third-order valence-corrected chi connectivity index (χ3v) is 6.79. The van der Waals surface area contributed by atoms with E-state index >= 15 is 0 Å². The number of rotatable bonds is 9. The summed E-state index contributed by atoms with van der Waals surface area (Å²) in [4.78, 5) is 12.2. The summed E-state index contributed by atoms with van der Waals surface area (Å²) in [5, 5.41) is 7.14. The molecular weight excluding hydrogens is 515 g/mol. The lowest BCUT2D eigenvalue weighted by Gasteiger charge is -2.37. The number of halogens is 1. The topological polar surface area (TPSA) is 55.4 Å². The molecule has 1 aromatic carbocycles. The van der Waals surface area contributed by atoms with Crippen molar-refractivity contribution in [1.29, 1.82) is 0 Å². The third kappa shape index (κ3) is 7.74. The van der Waals surface area contributed by atoms with Crippen LogP contribution in [0.4, 0.5) is 0 Å². The second-order valence-electron chi connectivity index (χ2n) is 8.69. The number of ether oxygens (including phenoxy) is 1. The largest absolute Gasteiger partial charge is 0.497 e. The molecule has 2 fully saturated rings. The summed E-state index contributed by atoms with van der Waals surface area (Å²) in [6.45, 7) is 14.4. The van der Waals surface area contributed by atoms with E-state index in [0.717, 1.165) is 57.5 Å². The van der Waals surface area contributed by atoms with Gasteiger partial charge in [0, 0.05) is 52.4 Å². The highest BCUT2D eigenvalue weighted by atomic mass is 127. The summed E-state index contributed by atoms with van der Waals surface area (Å²) >= 11 is 0. The molecule has 2 heterocycles. The predicted molar refractivity (Wildman–Crippen MR) is 144 cm³/mol. The highest BCUT2D eigenvalue weighted by Gasteiger charge is 2.24. The van der Waals surface area contributed by atoms with E-state index in [2.05, 4.69) is 62.4 Å². The molecule has 0 bridgehead atoms. The first-order valence-electron chi connectivity index (χ1n) is 11.9. The van der Waals surface area contributed by atoms with E-state index < -0.39 is 0 Å². The van der Waals surface area contributed by atoms with Crippen LogP contribution >= 0.6 is 24.0 Å². The molecule has 0 spiro atoms. The molecule has 2 N–H and O–H groups in total. The smallest absolute Gasteiger partial charge is 0.191 e. The number of likely N-dealkylation sites (N-methyl/N-ethyl adjacent to an activating group) is 1. The van der Waals surface area contributed by atoms with E-state index in [1.807, 2.05) is 13.1 Å². The minimum absolute atomic E-state index is 0. The normalized spacial score (nSPS) is 20.4. The van der Waals surface area contributed by atoms with E-state index in [1.165, 1.54) is 31.5 Å². The van der Waals surface area contributed by atoms with Crippen molar-refractivity contribution in [3.8, 4) is 5.75 Å². The van der Waals surface area contributed by atoms with Crippen molar-refractivity contribution >= 4 is 29.9 Å². The minimum Gasteiger partial charge on any atom is -0.497 e. The Morgan fingerprint density at radius 2 is 1.72 bits per heavy atom. The van der Waals surface area contributed by atoms with Gasteiger partial charge in [-0.2, -0.15) is 0 Å². The molecule has 1 aromatic rings. The second kappa shape index (κ2) is 14.2. The van der Waals surface area contributed by atoms with Crippen molar-refractivity contribution in [3.63, 3.8) is 0 Å². The number of methoxy groups -OCH3 is 1. The van der Waals surface area contributed by atoms with Gasteiger partial charge < -0.3 is 20.3 Å². The number of aliphatic imine (C=N–C) groups is 1. The maximum atomic E-state index is 5.47. The van der Waals surface area contributed by atoms with Gasteiger partial charge in [-0.05, 0) is 57.1 Å². The lowest BCUT2D eigenvalue weighted by molar-refractivity contribution is 0.107. The minimum atomic E-state index is 0. The number of hydrogen-bond donors (Lipinski definition) is 2. The Morgan fingerprint density at radius 3 is 2.34 bits per heavy atom. The van der Waals surface area contributed by atoms with Crippen molar-refractivity contribution in [1.82, 2.24) is 25.3 Å². The van der Waals surface area contributed by atoms with Crippen molar-refractivity contribution in [2.75, 3.05) is 73.1 Å². The van der Waals surface area contributed by atoms with Crippen LogP contribution in [-0.2, 0) is 0 Å². The number of likely N-dealkylation sites (tertiary alicyclic amines) is 1. The van der Waals surface area contributed by atoms with E-state index in [4.69, 9.17) is 4.74 Å². The lowest BCUT2D eigenvalue weighted by Crippen LogP contribution is -2.53. The molecule has 2 aliphatic heterocycles. The molecule has 32 heavy (non-hydrogen) atoms. The van der Waals surface area contributed by atoms with Gasteiger partial charge in [0.15, 0.2) is 5.96 Å². The van der Waals surface area contributed by atoms with Gasteiger partial charge in [-0.15, -0.1) is 24.0 Å². The summed E-state index contributed by atoms with van der Waals surface area (Å²) in [5.74, 6) is 1.80. The van der Waals surface area contributed by atoms with Gasteiger partial charge >= 0.3 is 0 Å². The zero-order chi connectivity index (χ0) is 22.1. The Balaban J connectivity index is 0.00000363. The third-order valence-electron chi connectivity index (χ3n) is 6.79. The molecule has 8 heteroatoms. The van der Waals surface area contributed by atoms with Crippen LogP contribution < -0.4 is 15.4 Å². The number of guanidine groups is 1. The number of piperazine rings is 1. The molecule has 0 saturated carbocycles. The summed E-state index contributed by atoms with van der Waals surface area (Å²) in [5.41, 5.74) is 1.30. The molecule has 2 unspecified atom stereocenters. The summed E-state index contributed by atoms with van der Waals surface area (Å²) < 4.78 is 5.47. The van der Waals surface area contributed by atoms with Gasteiger partial charge in [0.1, 0.15) is 5.75 Å². The van der Waals surface area contributed by atoms with Crippen LogP contribution in [0.5, 0.6) is 5.75 Å². The molecule has 0 radical (unpaired) electrons. The molecular formula is C24H43IN6O. The standard InChI is InChI=1S/C24H42N6O.HI/c1-5-28-13-15-29(16-14-28)20(2)18-26-24(25-3)27-19-23(30-11-6-7-12-30)21-9-8-10-22(17-21)31-4;/h8-10,17,20,23H,5-7,11-16,18-19H2,1-4H3,(H2,25,26,27);1H. The van der Waals surface area contributed by atoms with Crippen molar-refractivity contribution in [2.45, 2.75) is 38.8 Å². The van der Waals surface area contributed by atoms with Crippen LogP contribution in [0.3, 0.4) is 0 Å². The molecule has 182 valence electrons. The predicted octanol–water partition coefficient (Wildman–Crippen LogP) is 2.64. The number of nitrogens with zero attached hydrogens (tertiary/aromatic N) is 4. The maximum absolute atomic E-state index is 5.47. The van der Waals surface area contributed by atoms with Crippen LogP contribution in [0.2, 0.25) is 0 Å². The monoisotopic (exact) mass is 558 g/mol. The van der Waals surface area contributed by atoms with Gasteiger partial charge in [0.2, 0.25) is 0 Å². The first-order valence-corrected chi connectivity index (χ1v) is 11.9. The highest BCUT2D eigenvalue weighted by Crippen LogP contribution is 2.27.